The summed E-state index contributed by atoms with van der Waals surface area (Å²) in [6.07, 6.45) is 1.75. The fourth-order valence-electron chi connectivity index (χ4n) is 1.12. The van der Waals surface area contributed by atoms with Gasteiger partial charge in [0.15, 0.2) is 5.16 Å². The van der Waals surface area contributed by atoms with Crippen LogP contribution in [0.5, 0.6) is 0 Å². The summed E-state index contributed by atoms with van der Waals surface area (Å²) in [6.45, 7) is 0. The molecule has 16 heavy (non-hydrogen) atoms. The fourth-order valence-corrected chi connectivity index (χ4v) is 1.97. The van der Waals surface area contributed by atoms with Gasteiger partial charge in [-0.15, -0.1) is 10.2 Å². The second-order valence-corrected chi connectivity index (χ2v) is 4.22. The van der Waals surface area contributed by atoms with E-state index in [0.717, 1.165) is 16.5 Å². The van der Waals surface area contributed by atoms with E-state index in [-0.39, 0.29) is 0 Å². The Morgan fingerprint density at radius 1 is 1.31 bits per heavy atom. The van der Waals surface area contributed by atoms with Crippen LogP contribution in [0.1, 0.15) is 5.56 Å². The number of hydrogen-bond acceptors (Lipinski definition) is 6. The molecule has 2 heterocycles. The number of aromatic nitrogens is 4. The lowest BCUT2D eigenvalue weighted by molar-refractivity contribution is 0.796. The van der Waals surface area contributed by atoms with Gasteiger partial charge >= 0.3 is 0 Å². The predicted octanol–water partition coefficient (Wildman–Crippen LogP) is 0.667. The van der Waals surface area contributed by atoms with Crippen molar-refractivity contribution in [2.24, 2.45) is 7.05 Å². The maximum Gasteiger partial charge on any atom is 0.222 e. The highest BCUT2D eigenvalue weighted by atomic mass is 32.2. The van der Waals surface area contributed by atoms with Crippen molar-refractivity contribution in [3.05, 3.63) is 23.9 Å². The quantitative estimate of drug-likeness (QED) is 0.760. The molecular weight excluding hydrogens is 224 g/mol. The van der Waals surface area contributed by atoms with Gasteiger partial charge in [0.2, 0.25) is 5.95 Å². The largest absolute Gasteiger partial charge is 0.384 e. The van der Waals surface area contributed by atoms with E-state index in [9.17, 15) is 0 Å². The summed E-state index contributed by atoms with van der Waals surface area (Å²) in [6, 6.07) is 3.72. The average molecular weight is 236 g/mol. The lowest BCUT2D eigenvalue weighted by Crippen LogP contribution is -1.98. The van der Waals surface area contributed by atoms with Crippen molar-refractivity contribution >= 4 is 23.5 Å². The lowest BCUT2D eigenvalue weighted by atomic mass is 10.3. The second kappa shape index (κ2) is 4.40. The van der Waals surface area contributed by atoms with Crippen LogP contribution in [0.4, 0.5) is 11.8 Å². The number of thioether (sulfide) groups is 1. The number of pyridine rings is 1. The van der Waals surface area contributed by atoms with E-state index >= 15 is 0 Å². The third-order valence-electron chi connectivity index (χ3n) is 2.08. The highest BCUT2D eigenvalue weighted by molar-refractivity contribution is 7.98. The smallest absolute Gasteiger partial charge is 0.222 e. The molecule has 0 fully saturated rings. The molecule has 0 saturated carbocycles. The Kier molecular flexibility index (Phi) is 2.95. The van der Waals surface area contributed by atoms with E-state index in [1.807, 2.05) is 13.1 Å². The van der Waals surface area contributed by atoms with Gasteiger partial charge in [-0.05, 0) is 11.6 Å². The van der Waals surface area contributed by atoms with Crippen molar-refractivity contribution in [1.82, 2.24) is 19.7 Å². The molecule has 2 aromatic rings. The summed E-state index contributed by atoms with van der Waals surface area (Å²) in [7, 11) is 1.83. The van der Waals surface area contributed by atoms with Crippen molar-refractivity contribution in [2.75, 3.05) is 11.5 Å². The van der Waals surface area contributed by atoms with Crippen molar-refractivity contribution in [1.29, 1.82) is 0 Å². The van der Waals surface area contributed by atoms with E-state index in [1.165, 1.54) is 0 Å². The topological polar surface area (TPSA) is 95.6 Å². The highest BCUT2D eigenvalue weighted by Gasteiger charge is 2.06. The van der Waals surface area contributed by atoms with Crippen molar-refractivity contribution in [3.8, 4) is 0 Å². The first-order valence-electron chi connectivity index (χ1n) is 4.65. The van der Waals surface area contributed by atoms with E-state index in [2.05, 4.69) is 15.2 Å². The Morgan fingerprint density at radius 2 is 2.12 bits per heavy atom. The standard InChI is InChI=1S/C9H12N6S/c1-15-8(11)13-14-9(15)16-5-6-2-3-7(10)12-4-6/h2-4H,5H2,1H3,(H2,10,12)(H2,11,13). The summed E-state index contributed by atoms with van der Waals surface area (Å²) >= 11 is 1.56. The van der Waals surface area contributed by atoms with Crippen LogP contribution in [0.3, 0.4) is 0 Å². The molecule has 2 aromatic heterocycles. The molecule has 0 aromatic carbocycles. The van der Waals surface area contributed by atoms with Gasteiger partial charge in [0.25, 0.3) is 0 Å². The number of nitrogens with zero attached hydrogens (tertiary/aromatic N) is 4. The van der Waals surface area contributed by atoms with E-state index in [1.54, 1.807) is 28.6 Å². The number of rotatable bonds is 3. The van der Waals surface area contributed by atoms with Gasteiger partial charge < -0.3 is 11.5 Å². The molecule has 6 nitrogen and oxygen atoms in total. The fraction of sp³-hybridized carbons (Fsp3) is 0.222. The van der Waals surface area contributed by atoms with Crippen LogP contribution in [0.15, 0.2) is 23.5 Å². The molecule has 0 aliphatic carbocycles. The van der Waals surface area contributed by atoms with E-state index in [0.29, 0.717) is 11.8 Å². The molecule has 84 valence electrons. The van der Waals surface area contributed by atoms with Crippen LogP contribution >= 0.6 is 11.8 Å². The van der Waals surface area contributed by atoms with Gasteiger partial charge in [-0.3, -0.25) is 4.57 Å². The first kappa shape index (κ1) is 10.7. The summed E-state index contributed by atoms with van der Waals surface area (Å²) in [4.78, 5) is 4.02. The van der Waals surface area contributed by atoms with Gasteiger partial charge in [0.1, 0.15) is 5.82 Å². The minimum Gasteiger partial charge on any atom is -0.384 e. The monoisotopic (exact) mass is 236 g/mol. The first-order valence-corrected chi connectivity index (χ1v) is 5.63. The van der Waals surface area contributed by atoms with E-state index in [4.69, 9.17) is 11.5 Å². The molecule has 0 aliphatic heterocycles. The highest BCUT2D eigenvalue weighted by Crippen LogP contribution is 2.21. The van der Waals surface area contributed by atoms with Crippen LogP contribution < -0.4 is 11.5 Å². The van der Waals surface area contributed by atoms with Crippen molar-refractivity contribution in [2.45, 2.75) is 10.9 Å². The summed E-state index contributed by atoms with van der Waals surface area (Å²) in [5.41, 5.74) is 12.2. The molecular formula is C9H12N6S. The number of nitrogen functional groups attached to an aromatic ring is 2. The Labute approximate surface area is 97.1 Å². The minimum absolute atomic E-state index is 0.415. The molecule has 0 amide bonds. The lowest BCUT2D eigenvalue weighted by Gasteiger charge is -2.01. The van der Waals surface area contributed by atoms with Crippen LogP contribution in [0.2, 0.25) is 0 Å². The third kappa shape index (κ3) is 2.25. The molecule has 0 bridgehead atoms. The van der Waals surface area contributed by atoms with Gasteiger partial charge in [-0.25, -0.2) is 4.98 Å². The Balaban J connectivity index is 2.02. The predicted molar refractivity (Wildman–Crippen MR) is 63.6 cm³/mol. The maximum atomic E-state index is 5.58. The van der Waals surface area contributed by atoms with Crippen LogP contribution in [-0.4, -0.2) is 19.7 Å². The molecule has 0 aliphatic rings. The zero-order valence-electron chi connectivity index (χ0n) is 8.79. The zero-order chi connectivity index (χ0) is 11.5. The summed E-state index contributed by atoms with van der Waals surface area (Å²) < 4.78 is 1.75. The Bertz CT molecular complexity index is 477. The van der Waals surface area contributed by atoms with Gasteiger partial charge in [-0.1, -0.05) is 17.8 Å². The Hall–Kier alpha value is -1.76. The van der Waals surface area contributed by atoms with Crippen LogP contribution in [0, 0.1) is 0 Å². The normalized spacial score (nSPS) is 10.6. The Morgan fingerprint density at radius 3 is 2.69 bits per heavy atom. The molecule has 0 radical (unpaired) electrons. The first-order chi connectivity index (χ1) is 7.66. The zero-order valence-corrected chi connectivity index (χ0v) is 9.61. The minimum atomic E-state index is 0.415. The van der Waals surface area contributed by atoms with Gasteiger partial charge in [0.05, 0.1) is 0 Å². The van der Waals surface area contributed by atoms with E-state index < -0.39 is 0 Å². The molecule has 0 spiro atoms. The van der Waals surface area contributed by atoms with Crippen molar-refractivity contribution in [3.63, 3.8) is 0 Å². The SMILES string of the molecule is Cn1c(N)nnc1SCc1ccc(N)nc1. The molecule has 0 saturated heterocycles. The molecule has 0 atom stereocenters. The van der Waals surface area contributed by atoms with Crippen LogP contribution in [-0.2, 0) is 12.8 Å². The second-order valence-electron chi connectivity index (χ2n) is 3.28. The average Bonchev–Trinajstić information content (AvgIpc) is 2.60. The molecule has 7 heteroatoms. The summed E-state index contributed by atoms with van der Waals surface area (Å²) in [5, 5.41) is 8.52. The molecule has 4 N–H and O–H groups in total. The van der Waals surface area contributed by atoms with Crippen LogP contribution in [0.25, 0.3) is 0 Å². The molecule has 2 rings (SSSR count). The van der Waals surface area contributed by atoms with Crippen molar-refractivity contribution < 1.29 is 0 Å². The van der Waals surface area contributed by atoms with Gasteiger partial charge in [0, 0.05) is 19.0 Å². The number of nitrogens with two attached hydrogens (primary N) is 2. The summed E-state index contributed by atoms with van der Waals surface area (Å²) in [5.74, 6) is 1.70. The third-order valence-corrected chi connectivity index (χ3v) is 3.18. The molecule has 0 unspecified atom stereocenters. The number of hydrogen-bond donors (Lipinski definition) is 2. The maximum absolute atomic E-state index is 5.58. The number of anilines is 2. The van der Waals surface area contributed by atoms with Gasteiger partial charge in [-0.2, -0.15) is 0 Å².